The van der Waals surface area contributed by atoms with Crippen molar-refractivity contribution in [3.8, 4) is 0 Å². The minimum Gasteiger partial charge on any atom is -0.393 e. The topological polar surface area (TPSA) is 35.5 Å². The Hall–Kier alpha value is -2.00. The number of benzene rings is 2. The van der Waals surface area contributed by atoms with Crippen LogP contribution in [0.25, 0.3) is 0 Å². The van der Waals surface area contributed by atoms with E-state index in [0.29, 0.717) is 0 Å². The molecule has 3 rings (SSSR count). The molecule has 3 nitrogen and oxygen atoms in total. The number of aliphatic hydroxyl groups excluding tert-OH is 1. The number of para-hydroxylation sites is 2. The first-order valence-electron chi connectivity index (χ1n) is 8.04. The molecule has 22 heavy (non-hydrogen) atoms. The highest BCUT2D eigenvalue weighted by Gasteiger charge is 2.18. The Labute approximate surface area is 132 Å². The summed E-state index contributed by atoms with van der Waals surface area (Å²) in [6, 6.07) is 17.0. The van der Waals surface area contributed by atoms with E-state index >= 15 is 0 Å². The van der Waals surface area contributed by atoms with Gasteiger partial charge >= 0.3 is 0 Å². The second-order valence-corrected chi connectivity index (χ2v) is 6.08. The molecule has 0 saturated carbocycles. The summed E-state index contributed by atoms with van der Waals surface area (Å²) in [6.07, 6.45) is 1.57. The van der Waals surface area contributed by atoms with Crippen molar-refractivity contribution in [1.29, 1.82) is 0 Å². The van der Waals surface area contributed by atoms with E-state index < -0.39 is 0 Å². The van der Waals surface area contributed by atoms with E-state index in [2.05, 4.69) is 65.7 Å². The zero-order valence-electron chi connectivity index (χ0n) is 13.1. The van der Waals surface area contributed by atoms with Gasteiger partial charge in [-0.1, -0.05) is 42.0 Å². The van der Waals surface area contributed by atoms with Gasteiger partial charge in [0.05, 0.1) is 17.5 Å². The summed E-state index contributed by atoms with van der Waals surface area (Å²) in [5.41, 5.74) is 4.99. The van der Waals surface area contributed by atoms with Gasteiger partial charge in [0.2, 0.25) is 0 Å². The van der Waals surface area contributed by atoms with Crippen LogP contribution in [0.4, 0.5) is 11.4 Å². The minimum absolute atomic E-state index is 0.135. The van der Waals surface area contributed by atoms with Crippen molar-refractivity contribution in [3.05, 3.63) is 59.7 Å². The lowest BCUT2D eigenvalue weighted by molar-refractivity contribution is 0.145. The molecular weight excluding hydrogens is 272 g/mol. The van der Waals surface area contributed by atoms with Crippen LogP contribution in [0.3, 0.4) is 0 Å². The monoisotopic (exact) mass is 296 g/mol. The highest BCUT2D eigenvalue weighted by Crippen LogP contribution is 2.28. The summed E-state index contributed by atoms with van der Waals surface area (Å²) >= 11 is 0. The summed E-state index contributed by atoms with van der Waals surface area (Å²) < 4.78 is 0. The lowest BCUT2D eigenvalue weighted by Crippen LogP contribution is -2.36. The Morgan fingerprint density at radius 1 is 1.09 bits per heavy atom. The van der Waals surface area contributed by atoms with Crippen molar-refractivity contribution >= 4 is 11.4 Å². The fraction of sp³-hybridized carbons (Fsp3) is 0.368. The van der Waals surface area contributed by atoms with E-state index in [9.17, 15) is 5.11 Å². The van der Waals surface area contributed by atoms with Crippen LogP contribution in [0.15, 0.2) is 48.5 Å². The molecule has 0 spiro atoms. The summed E-state index contributed by atoms with van der Waals surface area (Å²) in [6.45, 7) is 4.79. The molecule has 0 bridgehead atoms. The molecule has 2 aromatic carbocycles. The Bertz CT molecular complexity index is 618. The average Bonchev–Trinajstić information content (AvgIpc) is 2.54. The number of hydrogen-bond acceptors (Lipinski definition) is 3. The van der Waals surface area contributed by atoms with Gasteiger partial charge in [0.15, 0.2) is 0 Å². The van der Waals surface area contributed by atoms with E-state index in [0.717, 1.165) is 32.5 Å². The van der Waals surface area contributed by atoms with Gasteiger partial charge in [-0.25, -0.2) is 0 Å². The average molecular weight is 296 g/mol. The van der Waals surface area contributed by atoms with Gasteiger partial charge in [0, 0.05) is 19.6 Å². The van der Waals surface area contributed by atoms with E-state index in [1.165, 1.54) is 22.5 Å². The number of nitrogens with one attached hydrogen (secondary N) is 1. The highest BCUT2D eigenvalue weighted by atomic mass is 16.3. The van der Waals surface area contributed by atoms with E-state index in [1.807, 2.05) is 0 Å². The van der Waals surface area contributed by atoms with Crippen LogP contribution in [0, 0.1) is 6.92 Å². The third-order valence-electron chi connectivity index (χ3n) is 4.27. The molecule has 0 amide bonds. The number of piperidine rings is 1. The zero-order valence-corrected chi connectivity index (χ0v) is 13.1. The maximum atomic E-state index is 9.68. The number of aliphatic hydroxyl groups is 1. The number of nitrogens with zero attached hydrogens (tertiary/aromatic N) is 1. The molecule has 1 aliphatic rings. The van der Waals surface area contributed by atoms with Crippen molar-refractivity contribution in [2.24, 2.45) is 0 Å². The first kappa shape index (κ1) is 14.9. The predicted molar refractivity (Wildman–Crippen MR) is 92.4 cm³/mol. The van der Waals surface area contributed by atoms with Crippen LogP contribution in [0.5, 0.6) is 0 Å². The Morgan fingerprint density at radius 3 is 2.64 bits per heavy atom. The Balaban J connectivity index is 1.71. The third kappa shape index (κ3) is 3.60. The zero-order chi connectivity index (χ0) is 15.4. The van der Waals surface area contributed by atoms with Gasteiger partial charge in [-0.3, -0.25) is 0 Å². The first-order valence-corrected chi connectivity index (χ1v) is 8.04. The van der Waals surface area contributed by atoms with Gasteiger partial charge in [-0.15, -0.1) is 0 Å². The van der Waals surface area contributed by atoms with Gasteiger partial charge in [-0.2, -0.15) is 0 Å². The Kier molecular flexibility index (Phi) is 4.64. The summed E-state index contributed by atoms with van der Waals surface area (Å²) in [7, 11) is 0. The fourth-order valence-electron chi connectivity index (χ4n) is 3.03. The van der Waals surface area contributed by atoms with E-state index in [1.54, 1.807) is 0 Å². The number of anilines is 2. The lowest BCUT2D eigenvalue weighted by Gasteiger charge is -2.33. The lowest BCUT2D eigenvalue weighted by atomic mass is 10.1. The van der Waals surface area contributed by atoms with E-state index in [4.69, 9.17) is 0 Å². The molecule has 0 unspecified atom stereocenters. The van der Waals surface area contributed by atoms with Crippen LogP contribution < -0.4 is 10.2 Å². The summed E-state index contributed by atoms with van der Waals surface area (Å²) in [5.74, 6) is 0. The molecule has 1 fully saturated rings. The number of aryl methyl sites for hydroxylation is 1. The molecule has 1 saturated heterocycles. The molecule has 0 aliphatic carbocycles. The van der Waals surface area contributed by atoms with Crippen molar-refractivity contribution in [1.82, 2.24) is 0 Å². The van der Waals surface area contributed by atoms with Crippen molar-refractivity contribution in [2.45, 2.75) is 32.4 Å². The van der Waals surface area contributed by atoms with Crippen LogP contribution in [0.1, 0.15) is 24.0 Å². The molecule has 3 heteroatoms. The molecule has 2 aromatic rings. The molecule has 116 valence electrons. The van der Waals surface area contributed by atoms with Crippen molar-refractivity contribution < 1.29 is 5.11 Å². The first-order chi connectivity index (χ1) is 10.7. The predicted octanol–water partition coefficient (Wildman–Crippen LogP) is 3.57. The van der Waals surface area contributed by atoms with Crippen LogP contribution in [-0.2, 0) is 6.54 Å². The van der Waals surface area contributed by atoms with Gasteiger partial charge in [0.25, 0.3) is 0 Å². The summed E-state index contributed by atoms with van der Waals surface area (Å²) in [5, 5.41) is 13.2. The van der Waals surface area contributed by atoms with Crippen LogP contribution in [0.2, 0.25) is 0 Å². The molecule has 0 radical (unpaired) electrons. The largest absolute Gasteiger partial charge is 0.393 e. The second kappa shape index (κ2) is 6.84. The van der Waals surface area contributed by atoms with Crippen molar-refractivity contribution in [3.63, 3.8) is 0 Å². The second-order valence-electron chi connectivity index (χ2n) is 6.08. The molecule has 0 atom stereocenters. The van der Waals surface area contributed by atoms with E-state index in [-0.39, 0.29) is 6.10 Å². The number of rotatable bonds is 4. The smallest absolute Gasteiger partial charge is 0.0602 e. The van der Waals surface area contributed by atoms with Gasteiger partial charge in [-0.05, 0) is 37.5 Å². The minimum atomic E-state index is -0.135. The molecular formula is C19H24N2O. The molecule has 2 N–H and O–H groups in total. The normalized spacial score (nSPS) is 15.8. The molecule has 1 aliphatic heterocycles. The van der Waals surface area contributed by atoms with Gasteiger partial charge < -0.3 is 15.3 Å². The third-order valence-corrected chi connectivity index (χ3v) is 4.27. The SMILES string of the molecule is Cc1cccc(CNc2ccccc2N2CCC(O)CC2)c1. The molecule has 0 aromatic heterocycles. The van der Waals surface area contributed by atoms with Crippen LogP contribution in [-0.4, -0.2) is 24.3 Å². The summed E-state index contributed by atoms with van der Waals surface area (Å²) in [4.78, 5) is 2.37. The quantitative estimate of drug-likeness (QED) is 0.905. The van der Waals surface area contributed by atoms with Gasteiger partial charge in [0.1, 0.15) is 0 Å². The fourth-order valence-corrected chi connectivity index (χ4v) is 3.03. The van der Waals surface area contributed by atoms with Crippen molar-refractivity contribution in [2.75, 3.05) is 23.3 Å². The maximum Gasteiger partial charge on any atom is 0.0602 e. The Morgan fingerprint density at radius 2 is 1.86 bits per heavy atom. The highest BCUT2D eigenvalue weighted by molar-refractivity contribution is 5.70. The van der Waals surface area contributed by atoms with Crippen LogP contribution >= 0.6 is 0 Å². The standard InChI is InChI=1S/C19H24N2O/c1-15-5-4-6-16(13-15)14-20-18-7-2-3-8-19(18)21-11-9-17(22)10-12-21/h2-8,13,17,20,22H,9-12,14H2,1H3. The molecule has 1 heterocycles. The number of hydrogen-bond donors (Lipinski definition) is 2. The maximum absolute atomic E-state index is 9.68.